The number of nitrogens with zero attached hydrogens (tertiary/aromatic N) is 3. The number of anilines is 1. The molecule has 0 aromatic heterocycles. The summed E-state index contributed by atoms with van der Waals surface area (Å²) in [5.74, 6) is 0.328. The molecule has 0 aliphatic carbocycles. The Bertz CT molecular complexity index is 836. The standard InChI is InChI=1S/C25H38N4O3/c1-4-20-8-6-7-9-21(20)26-23(31)29-13-10-24(11-14-29)18-27(16-17-32-3)19-25(24)12-15-28(5-2)22(25)30/h6-9H,4-5,10-19H2,1-3H3,(H,26,31)/t25-/m1/s1. The molecule has 1 aromatic rings. The monoisotopic (exact) mass is 442 g/mol. The second-order valence-corrected chi connectivity index (χ2v) is 9.63. The van der Waals surface area contributed by atoms with Crippen LogP contribution in [0, 0.1) is 10.8 Å². The maximum absolute atomic E-state index is 13.6. The fourth-order valence-corrected chi connectivity index (χ4v) is 6.26. The average Bonchev–Trinajstić information content (AvgIpc) is 3.30. The molecule has 0 radical (unpaired) electrons. The van der Waals surface area contributed by atoms with E-state index in [0.717, 1.165) is 69.7 Å². The minimum absolute atomic E-state index is 0.0306. The highest BCUT2D eigenvalue weighted by molar-refractivity contribution is 5.90. The summed E-state index contributed by atoms with van der Waals surface area (Å²) in [4.78, 5) is 33.0. The van der Waals surface area contributed by atoms with E-state index in [2.05, 4.69) is 30.1 Å². The topological polar surface area (TPSA) is 65.1 Å². The Hall–Kier alpha value is -2.12. The Balaban J connectivity index is 1.48. The normalized spacial score (nSPS) is 25.3. The number of likely N-dealkylation sites (tertiary alicyclic amines) is 3. The summed E-state index contributed by atoms with van der Waals surface area (Å²) in [6, 6.07) is 7.96. The maximum atomic E-state index is 13.6. The fourth-order valence-electron chi connectivity index (χ4n) is 6.26. The predicted octanol–water partition coefficient (Wildman–Crippen LogP) is 3.06. The lowest BCUT2D eigenvalue weighted by molar-refractivity contribution is -0.141. The molecule has 0 saturated carbocycles. The van der Waals surface area contributed by atoms with Crippen LogP contribution in [0.5, 0.6) is 0 Å². The van der Waals surface area contributed by atoms with Crippen LogP contribution in [0.25, 0.3) is 0 Å². The molecule has 2 spiro atoms. The molecule has 3 amide bonds. The van der Waals surface area contributed by atoms with Gasteiger partial charge in [0.05, 0.1) is 12.0 Å². The number of nitrogens with one attached hydrogen (secondary N) is 1. The molecule has 0 bridgehead atoms. The van der Waals surface area contributed by atoms with Crippen molar-refractivity contribution < 1.29 is 14.3 Å². The van der Waals surface area contributed by atoms with Gasteiger partial charge in [0, 0.05) is 64.0 Å². The number of carbonyl (C=O) groups excluding carboxylic acids is 2. The van der Waals surface area contributed by atoms with Crippen molar-refractivity contribution in [1.82, 2.24) is 14.7 Å². The van der Waals surface area contributed by atoms with Gasteiger partial charge in [-0.05, 0) is 44.2 Å². The molecule has 3 saturated heterocycles. The lowest BCUT2D eigenvalue weighted by Gasteiger charge is -2.47. The van der Waals surface area contributed by atoms with Gasteiger partial charge >= 0.3 is 6.03 Å². The number of benzene rings is 1. The van der Waals surface area contributed by atoms with Crippen LogP contribution in [0.15, 0.2) is 24.3 Å². The minimum atomic E-state index is -0.311. The first kappa shape index (κ1) is 23.1. The first-order valence-electron chi connectivity index (χ1n) is 12.1. The highest BCUT2D eigenvalue weighted by Gasteiger charge is 2.64. The summed E-state index contributed by atoms with van der Waals surface area (Å²) < 4.78 is 5.33. The number of aryl methyl sites for hydroxylation is 1. The average molecular weight is 443 g/mol. The molecule has 3 aliphatic rings. The second-order valence-electron chi connectivity index (χ2n) is 9.63. The molecule has 4 rings (SSSR count). The van der Waals surface area contributed by atoms with Gasteiger partial charge in [0.15, 0.2) is 0 Å². The van der Waals surface area contributed by atoms with Gasteiger partial charge in [0.2, 0.25) is 5.91 Å². The smallest absolute Gasteiger partial charge is 0.321 e. The molecule has 3 heterocycles. The summed E-state index contributed by atoms with van der Waals surface area (Å²) in [6.07, 6.45) is 3.57. The lowest BCUT2D eigenvalue weighted by atomic mass is 9.60. The van der Waals surface area contributed by atoms with Crippen LogP contribution in [-0.2, 0) is 16.0 Å². The summed E-state index contributed by atoms with van der Waals surface area (Å²) in [7, 11) is 1.73. The van der Waals surface area contributed by atoms with Crippen molar-refractivity contribution in [2.24, 2.45) is 10.8 Å². The van der Waals surface area contributed by atoms with Crippen LogP contribution in [0.4, 0.5) is 10.5 Å². The van der Waals surface area contributed by atoms with Crippen LogP contribution in [-0.4, -0.2) is 86.2 Å². The molecule has 32 heavy (non-hydrogen) atoms. The number of para-hydroxylation sites is 1. The number of hydrogen-bond acceptors (Lipinski definition) is 4. The van der Waals surface area contributed by atoms with Crippen LogP contribution >= 0.6 is 0 Å². The Morgan fingerprint density at radius 2 is 1.84 bits per heavy atom. The highest BCUT2D eigenvalue weighted by Crippen LogP contribution is 2.57. The molecule has 0 unspecified atom stereocenters. The third-order valence-corrected chi connectivity index (χ3v) is 8.18. The number of amides is 3. The first-order chi connectivity index (χ1) is 15.5. The van der Waals surface area contributed by atoms with E-state index >= 15 is 0 Å². The first-order valence-corrected chi connectivity index (χ1v) is 12.1. The minimum Gasteiger partial charge on any atom is -0.383 e. The molecule has 3 aliphatic heterocycles. The van der Waals surface area contributed by atoms with Gasteiger partial charge in [-0.1, -0.05) is 25.1 Å². The quantitative estimate of drug-likeness (QED) is 0.735. The largest absolute Gasteiger partial charge is 0.383 e. The fraction of sp³-hybridized carbons (Fsp3) is 0.680. The van der Waals surface area contributed by atoms with E-state index in [1.54, 1.807) is 7.11 Å². The highest BCUT2D eigenvalue weighted by atomic mass is 16.5. The van der Waals surface area contributed by atoms with Crippen LogP contribution in [0.2, 0.25) is 0 Å². The summed E-state index contributed by atoms with van der Waals surface area (Å²) in [5.41, 5.74) is 1.68. The Morgan fingerprint density at radius 1 is 1.09 bits per heavy atom. The van der Waals surface area contributed by atoms with E-state index in [1.165, 1.54) is 0 Å². The van der Waals surface area contributed by atoms with E-state index in [9.17, 15) is 9.59 Å². The van der Waals surface area contributed by atoms with Gasteiger partial charge in [0.25, 0.3) is 0 Å². The molecule has 1 atom stereocenters. The number of urea groups is 1. The lowest BCUT2D eigenvalue weighted by Crippen LogP contribution is -2.54. The van der Waals surface area contributed by atoms with Crippen molar-refractivity contribution >= 4 is 17.6 Å². The molecule has 7 nitrogen and oxygen atoms in total. The van der Waals surface area contributed by atoms with Gasteiger partial charge in [0.1, 0.15) is 0 Å². The number of hydrogen-bond donors (Lipinski definition) is 1. The van der Waals surface area contributed by atoms with Crippen molar-refractivity contribution in [3.05, 3.63) is 29.8 Å². The SMILES string of the molecule is CCc1ccccc1NC(=O)N1CCC2(CC1)CN(CCOC)C[C@@]21CCN(CC)C1=O. The van der Waals surface area contributed by atoms with Gasteiger partial charge < -0.3 is 19.9 Å². The Kier molecular flexibility index (Phi) is 6.77. The number of piperidine rings is 1. The van der Waals surface area contributed by atoms with E-state index in [0.29, 0.717) is 25.6 Å². The third-order valence-electron chi connectivity index (χ3n) is 8.18. The van der Waals surface area contributed by atoms with Gasteiger partial charge in [-0.3, -0.25) is 9.69 Å². The Labute approximate surface area is 192 Å². The molecule has 176 valence electrons. The van der Waals surface area contributed by atoms with E-state index in [-0.39, 0.29) is 16.9 Å². The van der Waals surface area contributed by atoms with Crippen molar-refractivity contribution in [2.75, 3.05) is 64.8 Å². The molecule has 1 aromatic carbocycles. The summed E-state index contributed by atoms with van der Waals surface area (Å²) in [5, 5.41) is 3.12. The van der Waals surface area contributed by atoms with Crippen molar-refractivity contribution in [1.29, 1.82) is 0 Å². The van der Waals surface area contributed by atoms with Crippen molar-refractivity contribution in [3.8, 4) is 0 Å². The number of carbonyl (C=O) groups is 2. The second kappa shape index (κ2) is 9.40. The van der Waals surface area contributed by atoms with Crippen LogP contribution in [0.3, 0.4) is 0 Å². The zero-order chi connectivity index (χ0) is 22.8. The molecular weight excluding hydrogens is 404 g/mol. The number of fused-ring (bicyclic) bond motifs is 1. The molecule has 7 heteroatoms. The van der Waals surface area contributed by atoms with Crippen LogP contribution < -0.4 is 5.32 Å². The van der Waals surface area contributed by atoms with Crippen molar-refractivity contribution in [2.45, 2.75) is 39.5 Å². The number of ether oxygens (including phenoxy) is 1. The number of rotatable bonds is 6. The third kappa shape index (κ3) is 3.90. The molecule has 3 fully saturated rings. The van der Waals surface area contributed by atoms with Gasteiger partial charge in [-0.15, -0.1) is 0 Å². The summed E-state index contributed by atoms with van der Waals surface area (Å²) >= 11 is 0. The maximum Gasteiger partial charge on any atom is 0.321 e. The van der Waals surface area contributed by atoms with Crippen LogP contribution in [0.1, 0.15) is 38.7 Å². The van der Waals surface area contributed by atoms with E-state index in [1.807, 2.05) is 28.0 Å². The van der Waals surface area contributed by atoms with E-state index in [4.69, 9.17) is 4.74 Å². The number of methoxy groups -OCH3 is 1. The van der Waals surface area contributed by atoms with Crippen molar-refractivity contribution in [3.63, 3.8) is 0 Å². The summed E-state index contributed by atoms with van der Waals surface area (Å²) in [6.45, 7) is 10.5. The van der Waals surface area contributed by atoms with E-state index < -0.39 is 0 Å². The molecular formula is C25H38N4O3. The van der Waals surface area contributed by atoms with Gasteiger partial charge in [-0.25, -0.2) is 4.79 Å². The Morgan fingerprint density at radius 3 is 2.50 bits per heavy atom. The molecule has 1 N–H and O–H groups in total. The zero-order valence-corrected chi connectivity index (χ0v) is 19.9. The van der Waals surface area contributed by atoms with Gasteiger partial charge in [-0.2, -0.15) is 0 Å². The zero-order valence-electron chi connectivity index (χ0n) is 19.9. The predicted molar refractivity (Wildman–Crippen MR) is 126 cm³/mol.